The van der Waals surface area contributed by atoms with Crippen LogP contribution in [0.15, 0.2) is 17.2 Å². The van der Waals surface area contributed by atoms with Crippen LogP contribution in [0.5, 0.6) is 17.2 Å². The molecular formula is C17H13F13N2O4. The summed E-state index contributed by atoms with van der Waals surface area (Å²) in [6, 6.07) is 2.08. The van der Waals surface area contributed by atoms with Gasteiger partial charge in [-0.1, -0.05) is 0 Å². The lowest BCUT2D eigenvalue weighted by atomic mass is 9.93. The standard InChI is InChI=1S/C17H13F13N2O4/c1-34-8-4-7(5-9(35-2)10(8)36-3)6-31-32-11(33)12(18,19)13(20,21)14(22,23)15(24,25)16(26,27)17(28,29)30/h4-6H,1-3H3,(H,32,33)/b31-6+. The molecule has 0 aliphatic heterocycles. The van der Waals surface area contributed by atoms with Crippen molar-refractivity contribution in [1.29, 1.82) is 0 Å². The summed E-state index contributed by atoms with van der Waals surface area (Å²) in [7, 11) is 3.43. The molecule has 6 nitrogen and oxygen atoms in total. The summed E-state index contributed by atoms with van der Waals surface area (Å²) in [5.74, 6) is -42.6. The highest BCUT2D eigenvalue weighted by molar-refractivity contribution is 5.87. The average Bonchev–Trinajstić information content (AvgIpc) is 2.76. The molecule has 1 N–H and O–H groups in total. The molecule has 0 saturated heterocycles. The van der Waals surface area contributed by atoms with Crippen molar-refractivity contribution in [2.45, 2.75) is 35.8 Å². The van der Waals surface area contributed by atoms with Gasteiger partial charge in [-0.05, 0) is 12.1 Å². The molecule has 1 aromatic carbocycles. The van der Waals surface area contributed by atoms with Gasteiger partial charge in [-0.25, -0.2) is 5.43 Å². The number of nitrogens with zero attached hydrogens (tertiary/aromatic N) is 1. The lowest BCUT2D eigenvalue weighted by molar-refractivity contribution is -0.436. The topological polar surface area (TPSA) is 69.2 Å². The molecule has 0 bridgehead atoms. The van der Waals surface area contributed by atoms with Crippen LogP contribution in [0.1, 0.15) is 5.56 Å². The molecule has 0 saturated carbocycles. The Bertz CT molecular complexity index is 968. The van der Waals surface area contributed by atoms with Gasteiger partial charge >= 0.3 is 41.7 Å². The third-order valence-corrected chi connectivity index (χ3v) is 4.29. The quantitative estimate of drug-likeness (QED) is 0.253. The van der Waals surface area contributed by atoms with Gasteiger partial charge in [0, 0.05) is 5.56 Å². The Labute approximate surface area is 192 Å². The van der Waals surface area contributed by atoms with Gasteiger partial charge < -0.3 is 14.2 Å². The third kappa shape index (κ3) is 4.78. The number of carbonyl (C=O) groups is 1. The van der Waals surface area contributed by atoms with Crippen LogP contribution in [0.4, 0.5) is 57.1 Å². The molecule has 1 aromatic rings. The zero-order chi connectivity index (χ0) is 28.5. The largest absolute Gasteiger partial charge is 0.493 e. The van der Waals surface area contributed by atoms with Crippen LogP contribution in [0.3, 0.4) is 0 Å². The molecule has 0 heterocycles. The Morgan fingerprint density at radius 2 is 1.14 bits per heavy atom. The molecule has 0 aliphatic rings. The van der Waals surface area contributed by atoms with Gasteiger partial charge in [0.15, 0.2) is 11.5 Å². The van der Waals surface area contributed by atoms with E-state index in [1.165, 1.54) is 7.11 Å². The monoisotopic (exact) mass is 556 g/mol. The molecule has 0 aliphatic carbocycles. The van der Waals surface area contributed by atoms with Crippen LogP contribution in [0.25, 0.3) is 0 Å². The number of carbonyl (C=O) groups excluding carboxylic acids is 1. The number of amides is 1. The van der Waals surface area contributed by atoms with E-state index < -0.39 is 41.7 Å². The summed E-state index contributed by atoms with van der Waals surface area (Å²) < 4.78 is 185. The van der Waals surface area contributed by atoms with Crippen molar-refractivity contribution < 1.29 is 76.1 Å². The average molecular weight is 556 g/mol. The maximum Gasteiger partial charge on any atom is 0.460 e. The summed E-state index contributed by atoms with van der Waals surface area (Å²) >= 11 is 0. The first-order valence-electron chi connectivity index (χ1n) is 8.67. The Morgan fingerprint density at radius 1 is 0.722 bits per heavy atom. The fraction of sp³-hybridized carbons (Fsp3) is 0.529. The number of hydrogen-bond acceptors (Lipinski definition) is 5. The number of methoxy groups -OCH3 is 3. The highest BCUT2D eigenvalue weighted by atomic mass is 19.4. The summed E-state index contributed by atoms with van der Waals surface area (Å²) in [6.07, 6.45) is -7.15. The molecule has 0 radical (unpaired) electrons. The van der Waals surface area contributed by atoms with Crippen molar-refractivity contribution in [3.8, 4) is 17.2 Å². The maximum atomic E-state index is 13.7. The lowest BCUT2D eigenvalue weighted by Crippen LogP contribution is -2.71. The fourth-order valence-electron chi connectivity index (χ4n) is 2.32. The minimum absolute atomic E-state index is 0.00817. The Kier molecular flexibility index (Phi) is 8.34. The molecule has 1 rings (SSSR count). The van der Waals surface area contributed by atoms with E-state index in [-0.39, 0.29) is 22.8 Å². The van der Waals surface area contributed by atoms with E-state index >= 15 is 0 Å². The first kappa shape index (κ1) is 30.9. The third-order valence-electron chi connectivity index (χ3n) is 4.29. The van der Waals surface area contributed by atoms with Crippen molar-refractivity contribution in [3.63, 3.8) is 0 Å². The van der Waals surface area contributed by atoms with E-state index in [1.807, 2.05) is 0 Å². The molecule has 0 fully saturated rings. The molecule has 0 atom stereocenters. The van der Waals surface area contributed by atoms with E-state index in [1.54, 1.807) is 0 Å². The molecule has 0 unspecified atom stereocenters. The molecule has 19 heteroatoms. The molecule has 1 amide bonds. The number of hydrogen-bond donors (Lipinski definition) is 1. The summed E-state index contributed by atoms with van der Waals surface area (Å²) in [6.45, 7) is 0. The molecule has 206 valence electrons. The lowest BCUT2D eigenvalue weighted by Gasteiger charge is -2.38. The minimum atomic E-state index is -8.12. The van der Waals surface area contributed by atoms with Crippen molar-refractivity contribution in [1.82, 2.24) is 5.43 Å². The smallest absolute Gasteiger partial charge is 0.460 e. The number of nitrogens with one attached hydrogen (secondary N) is 1. The van der Waals surface area contributed by atoms with E-state index in [9.17, 15) is 61.9 Å². The van der Waals surface area contributed by atoms with E-state index in [0.29, 0.717) is 11.6 Å². The van der Waals surface area contributed by atoms with Gasteiger partial charge in [0.2, 0.25) is 5.75 Å². The molecular weight excluding hydrogens is 543 g/mol. The van der Waals surface area contributed by atoms with Crippen LogP contribution in [-0.2, 0) is 4.79 Å². The van der Waals surface area contributed by atoms with E-state index in [4.69, 9.17) is 14.2 Å². The Balaban J connectivity index is 3.31. The SMILES string of the molecule is COc1cc(/C=N/NC(=O)C(F)(F)C(F)(F)C(F)(F)C(F)(F)C(F)(F)C(F)(F)F)cc(OC)c1OC. The Hall–Kier alpha value is -3.15. The highest BCUT2D eigenvalue weighted by Gasteiger charge is 2.91. The number of hydrazone groups is 1. The van der Waals surface area contributed by atoms with Gasteiger partial charge in [0.05, 0.1) is 27.5 Å². The van der Waals surface area contributed by atoms with Crippen LogP contribution in [0.2, 0.25) is 0 Å². The van der Waals surface area contributed by atoms with Crippen LogP contribution in [-0.4, -0.2) is 69.2 Å². The number of ether oxygens (including phenoxy) is 3. The first-order chi connectivity index (χ1) is 16.1. The van der Waals surface area contributed by atoms with Gasteiger partial charge in [-0.15, -0.1) is 0 Å². The van der Waals surface area contributed by atoms with Crippen molar-refractivity contribution in [2.24, 2.45) is 5.10 Å². The van der Waals surface area contributed by atoms with Crippen LogP contribution in [0, 0.1) is 0 Å². The van der Waals surface area contributed by atoms with Gasteiger partial charge in [-0.2, -0.15) is 62.2 Å². The van der Waals surface area contributed by atoms with E-state index in [2.05, 4.69) is 5.10 Å². The zero-order valence-electron chi connectivity index (χ0n) is 17.7. The highest BCUT2D eigenvalue weighted by Crippen LogP contribution is 2.60. The van der Waals surface area contributed by atoms with Crippen molar-refractivity contribution in [3.05, 3.63) is 17.7 Å². The van der Waals surface area contributed by atoms with Crippen LogP contribution >= 0.6 is 0 Å². The second-order valence-corrected chi connectivity index (χ2v) is 6.53. The second-order valence-electron chi connectivity index (χ2n) is 6.53. The summed E-state index contributed by atoms with van der Waals surface area (Å²) in [5.41, 5.74) is 0.366. The number of alkyl halides is 13. The summed E-state index contributed by atoms with van der Waals surface area (Å²) in [5, 5.41) is 2.71. The predicted octanol–water partition coefficient (Wildman–Crippen LogP) is 4.90. The Morgan fingerprint density at radius 3 is 1.50 bits per heavy atom. The van der Waals surface area contributed by atoms with Crippen molar-refractivity contribution >= 4 is 12.1 Å². The van der Waals surface area contributed by atoms with Crippen molar-refractivity contribution in [2.75, 3.05) is 21.3 Å². The minimum Gasteiger partial charge on any atom is -0.493 e. The van der Waals surface area contributed by atoms with Gasteiger partial charge in [0.1, 0.15) is 0 Å². The van der Waals surface area contributed by atoms with Crippen LogP contribution < -0.4 is 19.6 Å². The predicted molar refractivity (Wildman–Crippen MR) is 92.6 cm³/mol. The maximum absolute atomic E-state index is 13.7. The second kappa shape index (κ2) is 9.72. The fourth-order valence-corrected chi connectivity index (χ4v) is 2.32. The molecule has 0 aromatic heterocycles. The van der Waals surface area contributed by atoms with Gasteiger partial charge in [0.25, 0.3) is 0 Å². The normalized spacial score (nSPS) is 14.1. The van der Waals surface area contributed by atoms with E-state index in [0.717, 1.165) is 26.4 Å². The number of benzene rings is 1. The zero-order valence-corrected chi connectivity index (χ0v) is 17.7. The summed E-state index contributed by atoms with van der Waals surface area (Å²) in [4.78, 5) is 11.4. The number of halogens is 13. The molecule has 0 spiro atoms. The first-order valence-corrected chi connectivity index (χ1v) is 8.67. The number of rotatable bonds is 10. The molecule has 36 heavy (non-hydrogen) atoms. The van der Waals surface area contributed by atoms with Gasteiger partial charge in [-0.3, -0.25) is 4.79 Å².